The van der Waals surface area contributed by atoms with Crippen LogP contribution in [0.1, 0.15) is 11.3 Å². The Labute approximate surface area is 118 Å². The van der Waals surface area contributed by atoms with Crippen LogP contribution in [0.2, 0.25) is 0 Å². The number of nitrogens with two attached hydrogens (primary N) is 1. The Morgan fingerprint density at radius 1 is 0.950 bits per heavy atom. The molecular formula is C17H16N2O. The fourth-order valence-corrected chi connectivity index (χ4v) is 2.11. The van der Waals surface area contributed by atoms with E-state index in [9.17, 15) is 0 Å². The van der Waals surface area contributed by atoms with Crippen molar-refractivity contribution in [3.8, 4) is 5.75 Å². The topological polar surface area (TPSA) is 48.1 Å². The van der Waals surface area contributed by atoms with Crippen molar-refractivity contribution in [2.75, 3.05) is 0 Å². The van der Waals surface area contributed by atoms with Crippen molar-refractivity contribution in [1.82, 2.24) is 4.98 Å². The monoisotopic (exact) mass is 264 g/mol. The van der Waals surface area contributed by atoms with E-state index in [0.717, 1.165) is 27.9 Å². The highest BCUT2D eigenvalue weighted by Gasteiger charge is 2.00. The van der Waals surface area contributed by atoms with Crippen molar-refractivity contribution < 1.29 is 4.74 Å². The molecule has 3 nitrogen and oxygen atoms in total. The fourth-order valence-electron chi connectivity index (χ4n) is 2.11. The van der Waals surface area contributed by atoms with Crippen molar-refractivity contribution in [3.05, 3.63) is 71.9 Å². The number of benzene rings is 2. The van der Waals surface area contributed by atoms with Crippen LogP contribution >= 0.6 is 0 Å². The zero-order valence-electron chi connectivity index (χ0n) is 11.1. The molecule has 0 aliphatic carbocycles. The molecule has 0 radical (unpaired) electrons. The number of hydrogen-bond donors (Lipinski definition) is 1. The van der Waals surface area contributed by atoms with Crippen molar-refractivity contribution in [3.63, 3.8) is 0 Å². The second kappa shape index (κ2) is 5.72. The predicted molar refractivity (Wildman–Crippen MR) is 80.4 cm³/mol. The largest absolute Gasteiger partial charge is 0.487 e. The molecule has 3 rings (SSSR count). The zero-order chi connectivity index (χ0) is 13.8. The van der Waals surface area contributed by atoms with Gasteiger partial charge in [-0.2, -0.15) is 0 Å². The molecule has 0 bridgehead atoms. The number of hydrogen-bond acceptors (Lipinski definition) is 3. The van der Waals surface area contributed by atoms with E-state index in [1.54, 1.807) is 0 Å². The molecule has 3 aromatic rings. The van der Waals surface area contributed by atoms with Gasteiger partial charge in [0.25, 0.3) is 0 Å². The first-order chi connectivity index (χ1) is 9.85. The van der Waals surface area contributed by atoms with Crippen LogP contribution in [0, 0.1) is 0 Å². The summed E-state index contributed by atoms with van der Waals surface area (Å²) in [5, 5.41) is 1.14. The Bertz CT molecular complexity index is 725. The van der Waals surface area contributed by atoms with E-state index in [1.165, 1.54) is 0 Å². The molecule has 2 N–H and O–H groups in total. The first-order valence-corrected chi connectivity index (χ1v) is 6.61. The molecule has 0 amide bonds. The van der Waals surface area contributed by atoms with Gasteiger partial charge in [0.2, 0.25) is 0 Å². The van der Waals surface area contributed by atoms with Gasteiger partial charge < -0.3 is 10.5 Å². The van der Waals surface area contributed by atoms with Crippen LogP contribution in [0.25, 0.3) is 10.9 Å². The van der Waals surface area contributed by atoms with Gasteiger partial charge in [-0.25, -0.2) is 4.98 Å². The van der Waals surface area contributed by atoms with Gasteiger partial charge in [-0.3, -0.25) is 0 Å². The molecule has 1 heterocycles. The molecule has 0 spiro atoms. The molecule has 1 aromatic heterocycles. The predicted octanol–water partition coefficient (Wildman–Crippen LogP) is 3.27. The third-order valence-electron chi connectivity index (χ3n) is 3.18. The van der Waals surface area contributed by atoms with Gasteiger partial charge in [0.1, 0.15) is 12.4 Å². The van der Waals surface area contributed by atoms with Gasteiger partial charge in [0.15, 0.2) is 0 Å². The number of fused-ring (bicyclic) bond motifs is 1. The summed E-state index contributed by atoms with van der Waals surface area (Å²) in [4.78, 5) is 4.58. The fraction of sp³-hybridized carbons (Fsp3) is 0.118. The van der Waals surface area contributed by atoms with E-state index in [2.05, 4.69) is 17.1 Å². The maximum Gasteiger partial charge on any atom is 0.130 e. The SMILES string of the molecule is NCc1cccc(OCc2ccc3ccccc3n2)c1. The second-order valence-corrected chi connectivity index (χ2v) is 4.64. The van der Waals surface area contributed by atoms with Crippen molar-refractivity contribution in [1.29, 1.82) is 0 Å². The summed E-state index contributed by atoms with van der Waals surface area (Å²) in [6.07, 6.45) is 0. The van der Waals surface area contributed by atoms with E-state index < -0.39 is 0 Å². The van der Waals surface area contributed by atoms with Crippen LogP contribution in [-0.2, 0) is 13.2 Å². The molecule has 0 fully saturated rings. The maximum absolute atomic E-state index is 5.77. The third-order valence-corrected chi connectivity index (χ3v) is 3.18. The van der Waals surface area contributed by atoms with Crippen molar-refractivity contribution >= 4 is 10.9 Å². The van der Waals surface area contributed by atoms with E-state index in [-0.39, 0.29) is 0 Å². The minimum Gasteiger partial charge on any atom is -0.487 e. The molecule has 0 aliphatic heterocycles. The quantitative estimate of drug-likeness (QED) is 0.786. The highest BCUT2D eigenvalue weighted by Crippen LogP contribution is 2.16. The minimum absolute atomic E-state index is 0.457. The zero-order valence-corrected chi connectivity index (χ0v) is 11.1. The average Bonchev–Trinajstić information content (AvgIpc) is 2.53. The standard InChI is InChI=1S/C17H16N2O/c18-11-13-4-3-6-16(10-13)20-12-15-9-8-14-5-1-2-7-17(14)19-15/h1-10H,11-12,18H2. The minimum atomic E-state index is 0.457. The van der Waals surface area contributed by atoms with Crippen LogP contribution in [0.3, 0.4) is 0 Å². The molecule has 0 saturated heterocycles. The Morgan fingerprint density at radius 3 is 2.75 bits per heavy atom. The van der Waals surface area contributed by atoms with Crippen molar-refractivity contribution in [2.45, 2.75) is 13.2 Å². The van der Waals surface area contributed by atoms with Gasteiger partial charge >= 0.3 is 0 Å². The lowest BCUT2D eigenvalue weighted by atomic mass is 10.2. The highest BCUT2D eigenvalue weighted by atomic mass is 16.5. The van der Waals surface area contributed by atoms with E-state index in [0.29, 0.717) is 13.2 Å². The van der Waals surface area contributed by atoms with Gasteiger partial charge in [-0.05, 0) is 29.8 Å². The van der Waals surface area contributed by atoms with Crippen LogP contribution < -0.4 is 10.5 Å². The Hall–Kier alpha value is -2.39. The van der Waals surface area contributed by atoms with Crippen LogP contribution in [0.5, 0.6) is 5.75 Å². The molecular weight excluding hydrogens is 248 g/mol. The Morgan fingerprint density at radius 2 is 1.85 bits per heavy atom. The summed E-state index contributed by atoms with van der Waals surface area (Å²) in [6, 6.07) is 20.0. The smallest absolute Gasteiger partial charge is 0.130 e. The van der Waals surface area contributed by atoms with Gasteiger partial charge in [-0.15, -0.1) is 0 Å². The average molecular weight is 264 g/mol. The van der Waals surface area contributed by atoms with Crippen LogP contribution in [0.15, 0.2) is 60.7 Å². The molecule has 3 heteroatoms. The molecule has 0 atom stereocenters. The molecule has 20 heavy (non-hydrogen) atoms. The number of para-hydroxylation sites is 1. The second-order valence-electron chi connectivity index (χ2n) is 4.64. The number of aromatic nitrogens is 1. The van der Waals surface area contributed by atoms with Gasteiger partial charge in [-0.1, -0.05) is 36.4 Å². The summed E-state index contributed by atoms with van der Waals surface area (Å²) < 4.78 is 5.77. The highest BCUT2D eigenvalue weighted by molar-refractivity contribution is 5.78. The Kier molecular flexibility index (Phi) is 3.61. The normalized spacial score (nSPS) is 10.7. The van der Waals surface area contributed by atoms with Crippen LogP contribution in [0.4, 0.5) is 0 Å². The van der Waals surface area contributed by atoms with E-state index in [4.69, 9.17) is 10.5 Å². The van der Waals surface area contributed by atoms with Crippen molar-refractivity contribution in [2.24, 2.45) is 5.73 Å². The van der Waals surface area contributed by atoms with E-state index >= 15 is 0 Å². The summed E-state index contributed by atoms with van der Waals surface area (Å²) in [6.45, 7) is 0.976. The lowest BCUT2D eigenvalue weighted by Gasteiger charge is -2.07. The maximum atomic E-state index is 5.77. The number of pyridine rings is 1. The van der Waals surface area contributed by atoms with Gasteiger partial charge in [0, 0.05) is 11.9 Å². The summed E-state index contributed by atoms with van der Waals surface area (Å²) in [5.41, 5.74) is 8.59. The first kappa shape index (κ1) is 12.6. The summed E-state index contributed by atoms with van der Waals surface area (Å²) in [5.74, 6) is 0.822. The molecule has 0 saturated carbocycles. The lowest BCUT2D eigenvalue weighted by Crippen LogP contribution is -2.00. The third kappa shape index (κ3) is 2.78. The first-order valence-electron chi connectivity index (χ1n) is 6.61. The molecule has 0 unspecified atom stereocenters. The summed E-state index contributed by atoms with van der Waals surface area (Å²) >= 11 is 0. The summed E-state index contributed by atoms with van der Waals surface area (Å²) in [7, 11) is 0. The number of rotatable bonds is 4. The molecule has 0 aliphatic rings. The Balaban J connectivity index is 1.76. The molecule has 2 aromatic carbocycles. The van der Waals surface area contributed by atoms with E-state index in [1.807, 2.05) is 48.5 Å². The number of nitrogens with zero attached hydrogens (tertiary/aromatic N) is 1. The lowest BCUT2D eigenvalue weighted by molar-refractivity contribution is 0.301. The number of ether oxygens (including phenoxy) is 1. The molecule has 100 valence electrons. The van der Waals surface area contributed by atoms with Crippen LogP contribution in [-0.4, -0.2) is 4.98 Å². The van der Waals surface area contributed by atoms with Gasteiger partial charge in [0.05, 0.1) is 11.2 Å².